The lowest BCUT2D eigenvalue weighted by molar-refractivity contribution is 0.269. The molecule has 1 aliphatic rings. The van der Waals surface area contributed by atoms with Crippen LogP contribution in [0.2, 0.25) is 5.02 Å². The zero-order valence-electron chi connectivity index (χ0n) is 18.4. The van der Waals surface area contributed by atoms with Gasteiger partial charge < -0.3 is 19.5 Å². The number of halogens is 1. The van der Waals surface area contributed by atoms with E-state index in [0.717, 1.165) is 33.6 Å². The zero-order chi connectivity index (χ0) is 22.3. The number of thiocarbonyl (C=S) groups is 1. The molecule has 1 N–H and O–H groups in total. The number of hydrogen-bond donors (Lipinski definition) is 1. The van der Waals surface area contributed by atoms with Crippen LogP contribution in [0.1, 0.15) is 48.6 Å². The molecule has 0 saturated carbocycles. The van der Waals surface area contributed by atoms with Gasteiger partial charge in [-0.3, -0.25) is 4.98 Å². The molecule has 3 aromatic rings. The molecule has 3 heterocycles. The minimum Gasteiger partial charge on any atom is -0.495 e. The van der Waals surface area contributed by atoms with E-state index in [0.29, 0.717) is 5.02 Å². The van der Waals surface area contributed by atoms with Crippen molar-refractivity contribution in [2.45, 2.75) is 45.8 Å². The van der Waals surface area contributed by atoms with E-state index in [2.05, 4.69) is 59.6 Å². The van der Waals surface area contributed by atoms with Crippen LogP contribution in [0, 0.1) is 13.8 Å². The average Bonchev–Trinajstić information content (AvgIpc) is 3.24. The third kappa shape index (κ3) is 3.79. The highest BCUT2D eigenvalue weighted by atomic mass is 35.5. The maximum atomic E-state index is 6.34. The van der Waals surface area contributed by atoms with Crippen LogP contribution in [0.15, 0.2) is 48.7 Å². The van der Waals surface area contributed by atoms with Gasteiger partial charge in [-0.25, -0.2) is 0 Å². The molecular formula is C24H27ClN4OS. The highest BCUT2D eigenvalue weighted by Crippen LogP contribution is 2.43. The monoisotopic (exact) mass is 454 g/mol. The van der Waals surface area contributed by atoms with Gasteiger partial charge in [0, 0.05) is 28.6 Å². The molecule has 0 radical (unpaired) electrons. The number of methoxy groups -OCH3 is 1. The van der Waals surface area contributed by atoms with Crippen molar-refractivity contribution in [2.24, 2.45) is 0 Å². The van der Waals surface area contributed by atoms with Crippen LogP contribution in [0.3, 0.4) is 0 Å². The Morgan fingerprint density at radius 3 is 2.58 bits per heavy atom. The van der Waals surface area contributed by atoms with Gasteiger partial charge in [0.05, 0.1) is 30.6 Å². The number of aromatic nitrogens is 2. The van der Waals surface area contributed by atoms with Gasteiger partial charge in [-0.15, -0.1) is 0 Å². The van der Waals surface area contributed by atoms with Crippen LogP contribution in [-0.4, -0.2) is 32.7 Å². The molecule has 1 aliphatic heterocycles. The molecule has 5 nitrogen and oxygen atoms in total. The molecule has 31 heavy (non-hydrogen) atoms. The van der Waals surface area contributed by atoms with Gasteiger partial charge >= 0.3 is 0 Å². The van der Waals surface area contributed by atoms with Crippen molar-refractivity contribution in [3.8, 4) is 11.4 Å². The van der Waals surface area contributed by atoms with Gasteiger partial charge in [0.2, 0.25) is 0 Å². The summed E-state index contributed by atoms with van der Waals surface area (Å²) in [5, 5.41) is 4.94. The number of benzene rings is 1. The summed E-state index contributed by atoms with van der Waals surface area (Å²) >= 11 is 12.1. The third-order valence-electron chi connectivity index (χ3n) is 5.86. The van der Waals surface area contributed by atoms with Crippen LogP contribution in [0.5, 0.6) is 5.75 Å². The first-order valence-electron chi connectivity index (χ1n) is 10.4. The smallest absolute Gasteiger partial charge is 0.170 e. The molecule has 4 rings (SSSR count). The topological polar surface area (TPSA) is 42.3 Å². The Morgan fingerprint density at radius 1 is 1.16 bits per heavy atom. The van der Waals surface area contributed by atoms with Crippen LogP contribution in [-0.2, 0) is 0 Å². The number of rotatable bonds is 5. The summed E-state index contributed by atoms with van der Waals surface area (Å²) in [5.74, 6) is 0.778. The molecule has 162 valence electrons. The molecule has 0 bridgehead atoms. The van der Waals surface area contributed by atoms with Crippen molar-refractivity contribution in [2.75, 3.05) is 7.11 Å². The quantitative estimate of drug-likeness (QED) is 0.513. The highest BCUT2D eigenvalue weighted by molar-refractivity contribution is 7.80. The summed E-state index contributed by atoms with van der Waals surface area (Å²) in [5.41, 5.74) is 5.34. The summed E-state index contributed by atoms with van der Waals surface area (Å²) < 4.78 is 7.84. The van der Waals surface area contributed by atoms with E-state index in [-0.39, 0.29) is 18.1 Å². The summed E-state index contributed by atoms with van der Waals surface area (Å²) in [6.07, 6.45) is 1.83. The standard InChI is InChI=1S/C24H27ClN4OS/c1-14(2)28-23(22(27-24(28)31)19-8-6-7-11-26-19)18-12-15(3)29(16(18)4)20-13-17(25)9-10-21(20)30-5/h6-14,22-23H,1-5H3,(H,27,31)/t22-,23+/m1/s1. The van der Waals surface area contributed by atoms with E-state index in [1.807, 2.05) is 36.5 Å². The van der Waals surface area contributed by atoms with Gasteiger partial charge in [0.1, 0.15) is 5.75 Å². The predicted molar refractivity (Wildman–Crippen MR) is 129 cm³/mol. The Hall–Kier alpha value is -2.57. The number of ether oxygens (including phenoxy) is 1. The van der Waals surface area contributed by atoms with E-state index < -0.39 is 0 Å². The molecule has 0 unspecified atom stereocenters. The first kappa shape index (κ1) is 21.7. The van der Waals surface area contributed by atoms with Crippen molar-refractivity contribution < 1.29 is 4.74 Å². The van der Waals surface area contributed by atoms with E-state index in [1.165, 1.54) is 5.56 Å². The fourth-order valence-corrected chi connectivity index (χ4v) is 5.17. The predicted octanol–water partition coefficient (Wildman–Crippen LogP) is 5.53. The molecule has 0 aliphatic carbocycles. The number of nitrogens with one attached hydrogen (secondary N) is 1. The number of nitrogens with zero attached hydrogens (tertiary/aromatic N) is 3. The molecule has 2 atom stereocenters. The van der Waals surface area contributed by atoms with E-state index in [9.17, 15) is 0 Å². The van der Waals surface area contributed by atoms with Crippen molar-refractivity contribution in [1.29, 1.82) is 0 Å². The summed E-state index contributed by atoms with van der Waals surface area (Å²) in [6, 6.07) is 14.2. The minimum absolute atomic E-state index is 0.0209. The Labute approximate surface area is 194 Å². The Bertz CT molecular complexity index is 1110. The summed E-state index contributed by atoms with van der Waals surface area (Å²) in [6.45, 7) is 8.58. The second-order valence-electron chi connectivity index (χ2n) is 8.11. The molecule has 0 spiro atoms. The number of hydrogen-bond acceptors (Lipinski definition) is 3. The van der Waals surface area contributed by atoms with Gasteiger partial charge in [-0.05, 0) is 81.9 Å². The fourth-order valence-electron chi connectivity index (χ4n) is 4.55. The molecule has 1 aromatic carbocycles. The lowest BCUT2D eigenvalue weighted by Gasteiger charge is -2.31. The van der Waals surface area contributed by atoms with Gasteiger partial charge in [-0.1, -0.05) is 17.7 Å². The normalized spacial score (nSPS) is 18.5. The molecular weight excluding hydrogens is 428 g/mol. The van der Waals surface area contributed by atoms with E-state index in [4.69, 9.17) is 28.6 Å². The largest absolute Gasteiger partial charge is 0.495 e. The third-order valence-corrected chi connectivity index (χ3v) is 6.43. The Balaban J connectivity index is 1.89. The Morgan fingerprint density at radius 2 is 1.94 bits per heavy atom. The van der Waals surface area contributed by atoms with Crippen molar-refractivity contribution in [3.05, 3.63) is 76.3 Å². The number of aryl methyl sites for hydroxylation is 1. The molecule has 1 fully saturated rings. The van der Waals surface area contributed by atoms with Crippen molar-refractivity contribution in [3.63, 3.8) is 0 Å². The second kappa shape index (κ2) is 8.52. The average molecular weight is 455 g/mol. The lowest BCUT2D eigenvalue weighted by Crippen LogP contribution is -2.35. The van der Waals surface area contributed by atoms with Crippen LogP contribution in [0.4, 0.5) is 0 Å². The maximum Gasteiger partial charge on any atom is 0.170 e. The maximum absolute atomic E-state index is 6.34. The lowest BCUT2D eigenvalue weighted by atomic mass is 9.96. The van der Waals surface area contributed by atoms with E-state index >= 15 is 0 Å². The van der Waals surface area contributed by atoms with Gasteiger partial charge in [0.25, 0.3) is 0 Å². The van der Waals surface area contributed by atoms with Crippen molar-refractivity contribution in [1.82, 2.24) is 19.8 Å². The highest BCUT2D eigenvalue weighted by Gasteiger charge is 2.42. The summed E-state index contributed by atoms with van der Waals surface area (Å²) in [7, 11) is 1.68. The Kier molecular flexibility index (Phi) is 5.95. The van der Waals surface area contributed by atoms with E-state index in [1.54, 1.807) is 7.11 Å². The van der Waals surface area contributed by atoms with Gasteiger partial charge in [-0.2, -0.15) is 0 Å². The zero-order valence-corrected chi connectivity index (χ0v) is 20.0. The minimum atomic E-state index is -0.0358. The summed E-state index contributed by atoms with van der Waals surface area (Å²) in [4.78, 5) is 6.90. The molecule has 7 heteroatoms. The van der Waals surface area contributed by atoms with Crippen LogP contribution in [0.25, 0.3) is 5.69 Å². The number of pyridine rings is 1. The van der Waals surface area contributed by atoms with Crippen molar-refractivity contribution >= 4 is 28.9 Å². The van der Waals surface area contributed by atoms with Crippen LogP contribution >= 0.6 is 23.8 Å². The second-order valence-corrected chi connectivity index (χ2v) is 8.93. The molecule has 2 aromatic heterocycles. The van der Waals surface area contributed by atoms with Gasteiger partial charge in [0.15, 0.2) is 5.11 Å². The molecule has 0 amide bonds. The first-order valence-corrected chi connectivity index (χ1v) is 11.1. The van der Waals surface area contributed by atoms with Crippen LogP contribution < -0.4 is 10.1 Å². The fraction of sp³-hybridized carbons (Fsp3) is 0.333. The SMILES string of the molecule is COc1ccc(Cl)cc1-n1c(C)cc([C@H]2[C@@H](c3ccccn3)NC(=S)N2C(C)C)c1C. The first-order chi connectivity index (χ1) is 14.8. The molecule has 1 saturated heterocycles.